The molecule has 4 N–H and O–H groups in total. The predicted octanol–water partition coefficient (Wildman–Crippen LogP) is 1.50. The number of phenols is 1. The fourth-order valence-corrected chi connectivity index (χ4v) is 2.14. The van der Waals surface area contributed by atoms with Crippen molar-refractivity contribution in [1.82, 2.24) is 5.43 Å². The average Bonchev–Trinajstić information content (AvgIpc) is 2.25. The lowest BCUT2D eigenvalue weighted by Gasteiger charge is -2.21. The van der Waals surface area contributed by atoms with Gasteiger partial charge in [-0.3, -0.25) is 10.2 Å². The quantitative estimate of drug-likeness (QED) is 0.323. The van der Waals surface area contributed by atoms with Gasteiger partial charge in [0, 0.05) is 10.6 Å². The van der Waals surface area contributed by atoms with Crippen LogP contribution in [-0.4, -0.2) is 16.8 Å². The van der Waals surface area contributed by atoms with Gasteiger partial charge in [0.2, 0.25) is 5.91 Å². The lowest BCUT2D eigenvalue weighted by Crippen LogP contribution is -2.42. The Morgan fingerprint density at radius 1 is 1.56 bits per heavy atom. The number of aromatic hydroxyl groups is 1. The second kappa shape index (κ2) is 5.23. The third kappa shape index (κ3) is 3.43. The number of carbonyl (C=O) groups is 1. The molecule has 4 nitrogen and oxygen atoms in total. The SMILES string of the molecule is CC(C)(CSc1cccc(O)c1)C(=O)NN. The first-order valence-electron chi connectivity index (χ1n) is 4.88. The zero-order valence-corrected chi connectivity index (χ0v) is 10.2. The second-order valence-corrected chi connectivity index (χ2v) is 5.19. The number of nitrogens with two attached hydrogens (primary N) is 1. The molecule has 1 amide bonds. The Kier molecular flexibility index (Phi) is 4.20. The number of carbonyl (C=O) groups excluding carboxylic acids is 1. The van der Waals surface area contributed by atoms with E-state index in [0.717, 1.165) is 4.90 Å². The number of nitrogens with one attached hydrogen (secondary N) is 1. The minimum Gasteiger partial charge on any atom is -0.508 e. The molecule has 0 radical (unpaired) electrons. The van der Waals surface area contributed by atoms with Gasteiger partial charge in [0.05, 0.1) is 5.41 Å². The Morgan fingerprint density at radius 2 is 2.25 bits per heavy atom. The van der Waals surface area contributed by atoms with Gasteiger partial charge >= 0.3 is 0 Å². The van der Waals surface area contributed by atoms with Crippen LogP contribution in [0.2, 0.25) is 0 Å². The summed E-state index contributed by atoms with van der Waals surface area (Å²) >= 11 is 1.51. The molecule has 0 atom stereocenters. The van der Waals surface area contributed by atoms with Crippen LogP contribution in [0.25, 0.3) is 0 Å². The highest BCUT2D eigenvalue weighted by Gasteiger charge is 2.26. The number of benzene rings is 1. The van der Waals surface area contributed by atoms with E-state index in [9.17, 15) is 9.90 Å². The van der Waals surface area contributed by atoms with Crippen molar-refractivity contribution >= 4 is 17.7 Å². The molecule has 0 spiro atoms. The standard InChI is InChI=1S/C11H16N2O2S/c1-11(2,10(15)13-12)7-16-9-5-3-4-8(14)6-9/h3-6,14H,7,12H2,1-2H3,(H,13,15). The summed E-state index contributed by atoms with van der Waals surface area (Å²) < 4.78 is 0. The first-order chi connectivity index (χ1) is 7.45. The van der Waals surface area contributed by atoms with Crippen molar-refractivity contribution in [3.8, 4) is 5.75 Å². The lowest BCUT2D eigenvalue weighted by molar-refractivity contribution is -0.128. The summed E-state index contributed by atoms with van der Waals surface area (Å²) in [5, 5.41) is 9.29. The highest BCUT2D eigenvalue weighted by molar-refractivity contribution is 7.99. The summed E-state index contributed by atoms with van der Waals surface area (Å²) in [5.41, 5.74) is 1.61. The van der Waals surface area contributed by atoms with E-state index < -0.39 is 5.41 Å². The molecule has 16 heavy (non-hydrogen) atoms. The summed E-state index contributed by atoms with van der Waals surface area (Å²) in [7, 11) is 0. The fourth-order valence-electron chi connectivity index (χ4n) is 1.10. The van der Waals surface area contributed by atoms with Gasteiger partial charge in [-0.15, -0.1) is 11.8 Å². The molecule has 0 unspecified atom stereocenters. The van der Waals surface area contributed by atoms with Crippen molar-refractivity contribution in [2.45, 2.75) is 18.7 Å². The van der Waals surface area contributed by atoms with Crippen LogP contribution in [0, 0.1) is 5.41 Å². The van der Waals surface area contributed by atoms with E-state index in [0.29, 0.717) is 5.75 Å². The lowest BCUT2D eigenvalue weighted by atomic mass is 9.96. The van der Waals surface area contributed by atoms with E-state index in [1.165, 1.54) is 11.8 Å². The monoisotopic (exact) mass is 240 g/mol. The highest BCUT2D eigenvalue weighted by atomic mass is 32.2. The molecular formula is C11H16N2O2S. The molecule has 5 heteroatoms. The van der Waals surface area contributed by atoms with Crippen LogP contribution in [0.4, 0.5) is 0 Å². The van der Waals surface area contributed by atoms with E-state index in [1.54, 1.807) is 18.2 Å². The first-order valence-corrected chi connectivity index (χ1v) is 5.87. The molecular weight excluding hydrogens is 224 g/mol. The van der Waals surface area contributed by atoms with Crippen molar-refractivity contribution in [3.63, 3.8) is 0 Å². The number of hydrogen-bond acceptors (Lipinski definition) is 4. The Labute approximate surface area is 99.2 Å². The maximum atomic E-state index is 11.4. The maximum Gasteiger partial charge on any atom is 0.240 e. The van der Waals surface area contributed by atoms with Gasteiger partial charge in [0.15, 0.2) is 0 Å². The molecule has 0 aromatic heterocycles. The van der Waals surface area contributed by atoms with Crippen molar-refractivity contribution < 1.29 is 9.90 Å². The molecule has 0 aliphatic heterocycles. The first kappa shape index (κ1) is 12.9. The molecule has 0 bridgehead atoms. The van der Waals surface area contributed by atoms with Crippen molar-refractivity contribution in [2.75, 3.05) is 5.75 Å². The van der Waals surface area contributed by atoms with Crippen LogP contribution in [0.15, 0.2) is 29.2 Å². The van der Waals surface area contributed by atoms with Gasteiger partial charge in [0.1, 0.15) is 5.75 Å². The van der Waals surface area contributed by atoms with E-state index in [-0.39, 0.29) is 11.7 Å². The number of amides is 1. The van der Waals surface area contributed by atoms with Crippen molar-refractivity contribution in [1.29, 1.82) is 0 Å². The normalized spacial score (nSPS) is 11.2. The molecule has 0 aliphatic rings. The maximum absolute atomic E-state index is 11.4. The topological polar surface area (TPSA) is 75.3 Å². The summed E-state index contributed by atoms with van der Waals surface area (Å²) in [6.45, 7) is 3.65. The third-order valence-electron chi connectivity index (χ3n) is 2.16. The molecule has 1 rings (SSSR count). The number of hydrazine groups is 1. The molecule has 1 aromatic carbocycles. The second-order valence-electron chi connectivity index (χ2n) is 4.14. The smallest absolute Gasteiger partial charge is 0.240 e. The number of hydrogen-bond donors (Lipinski definition) is 3. The molecule has 88 valence electrons. The van der Waals surface area contributed by atoms with E-state index >= 15 is 0 Å². The predicted molar refractivity (Wildman–Crippen MR) is 64.9 cm³/mol. The molecule has 0 fully saturated rings. The van der Waals surface area contributed by atoms with Crippen molar-refractivity contribution in [3.05, 3.63) is 24.3 Å². The molecule has 0 aliphatic carbocycles. The van der Waals surface area contributed by atoms with E-state index in [4.69, 9.17) is 5.84 Å². The van der Waals surface area contributed by atoms with Crippen LogP contribution in [0.1, 0.15) is 13.8 Å². The molecule has 0 saturated carbocycles. The van der Waals surface area contributed by atoms with Crippen LogP contribution in [0.5, 0.6) is 5.75 Å². The van der Waals surface area contributed by atoms with Crippen LogP contribution >= 0.6 is 11.8 Å². The molecule has 0 heterocycles. The van der Waals surface area contributed by atoms with Crippen LogP contribution in [-0.2, 0) is 4.79 Å². The molecule has 1 aromatic rings. The minimum atomic E-state index is -0.537. The van der Waals surface area contributed by atoms with Gasteiger partial charge in [-0.25, -0.2) is 5.84 Å². The van der Waals surface area contributed by atoms with Gasteiger partial charge < -0.3 is 5.11 Å². The zero-order chi connectivity index (χ0) is 12.2. The van der Waals surface area contributed by atoms with E-state index in [1.807, 2.05) is 19.9 Å². The van der Waals surface area contributed by atoms with Gasteiger partial charge in [-0.1, -0.05) is 19.9 Å². The van der Waals surface area contributed by atoms with Gasteiger partial charge in [0.25, 0.3) is 0 Å². The summed E-state index contributed by atoms with van der Waals surface area (Å²) in [6.07, 6.45) is 0. The third-order valence-corrected chi connectivity index (χ3v) is 3.62. The summed E-state index contributed by atoms with van der Waals surface area (Å²) in [4.78, 5) is 12.4. The van der Waals surface area contributed by atoms with Gasteiger partial charge in [-0.05, 0) is 18.2 Å². The number of phenolic OH excluding ortho intramolecular Hbond substituents is 1. The summed E-state index contributed by atoms with van der Waals surface area (Å²) in [6, 6.07) is 6.94. The van der Waals surface area contributed by atoms with Gasteiger partial charge in [-0.2, -0.15) is 0 Å². The van der Waals surface area contributed by atoms with Crippen molar-refractivity contribution in [2.24, 2.45) is 11.3 Å². The van der Waals surface area contributed by atoms with E-state index in [2.05, 4.69) is 5.43 Å². The van der Waals surface area contributed by atoms with Crippen LogP contribution < -0.4 is 11.3 Å². The van der Waals surface area contributed by atoms with Crippen LogP contribution in [0.3, 0.4) is 0 Å². The highest BCUT2D eigenvalue weighted by Crippen LogP contribution is 2.29. The fraction of sp³-hybridized carbons (Fsp3) is 0.364. The Balaban J connectivity index is 2.61. The average molecular weight is 240 g/mol. The number of thioether (sulfide) groups is 1. The largest absolute Gasteiger partial charge is 0.508 e. The zero-order valence-electron chi connectivity index (χ0n) is 9.36. The Hall–Kier alpha value is -1.20. The number of rotatable bonds is 4. The summed E-state index contributed by atoms with van der Waals surface area (Å²) in [5.74, 6) is 5.73. The Bertz CT molecular complexity index is 380. The minimum absolute atomic E-state index is 0.194. The molecule has 0 saturated heterocycles. The Morgan fingerprint density at radius 3 is 2.81 bits per heavy atom.